The van der Waals surface area contributed by atoms with Gasteiger partial charge in [0.1, 0.15) is 5.82 Å². The molecule has 1 aromatic carbocycles. The van der Waals surface area contributed by atoms with E-state index in [0.717, 1.165) is 18.9 Å². The average Bonchev–Trinajstić information content (AvgIpc) is 2.56. The van der Waals surface area contributed by atoms with Crippen LogP contribution >= 0.6 is 12.4 Å². The molecule has 6 nitrogen and oxygen atoms in total. The molecule has 0 saturated carbocycles. The van der Waals surface area contributed by atoms with Gasteiger partial charge in [-0.3, -0.25) is 9.78 Å². The van der Waals surface area contributed by atoms with E-state index in [1.54, 1.807) is 42.9 Å². The highest BCUT2D eigenvalue weighted by Gasteiger charge is 2.22. The molecule has 0 atom stereocenters. The summed E-state index contributed by atoms with van der Waals surface area (Å²) in [6, 6.07) is 7.05. The van der Waals surface area contributed by atoms with E-state index in [-0.39, 0.29) is 18.3 Å². The fourth-order valence-corrected chi connectivity index (χ4v) is 2.40. The van der Waals surface area contributed by atoms with Gasteiger partial charge < -0.3 is 15.5 Å². The molecule has 2 N–H and O–H groups in total. The van der Waals surface area contributed by atoms with Crippen LogP contribution < -0.4 is 10.6 Å². The maximum absolute atomic E-state index is 12.4. The fourth-order valence-electron chi connectivity index (χ4n) is 2.40. The predicted molar refractivity (Wildman–Crippen MR) is 88.3 cm³/mol. The van der Waals surface area contributed by atoms with Gasteiger partial charge in [0, 0.05) is 49.8 Å². The second-order valence-corrected chi connectivity index (χ2v) is 4.96. The van der Waals surface area contributed by atoms with Crippen molar-refractivity contribution in [1.82, 2.24) is 14.9 Å². The molecule has 0 aliphatic carbocycles. The highest BCUT2D eigenvalue weighted by molar-refractivity contribution is 5.94. The normalized spacial score (nSPS) is 14.4. The number of benzene rings is 1. The van der Waals surface area contributed by atoms with Gasteiger partial charge in [0.25, 0.3) is 5.91 Å². The molecule has 1 aliphatic heterocycles. The number of aromatic nitrogens is 2. The third kappa shape index (κ3) is 3.46. The Morgan fingerprint density at radius 2 is 1.73 bits per heavy atom. The summed E-state index contributed by atoms with van der Waals surface area (Å²) < 4.78 is 0. The fraction of sp³-hybridized carbons (Fsp3) is 0.267. The summed E-state index contributed by atoms with van der Waals surface area (Å²) in [5.74, 6) is 0.908. The summed E-state index contributed by atoms with van der Waals surface area (Å²) in [4.78, 5) is 24.8. The van der Waals surface area contributed by atoms with Crippen LogP contribution in [0.25, 0.3) is 0 Å². The minimum Gasteiger partial charge on any atom is -0.399 e. The Balaban J connectivity index is 0.00000176. The summed E-state index contributed by atoms with van der Waals surface area (Å²) >= 11 is 0. The second-order valence-electron chi connectivity index (χ2n) is 4.96. The third-order valence-electron chi connectivity index (χ3n) is 3.60. The van der Waals surface area contributed by atoms with Crippen molar-refractivity contribution in [1.29, 1.82) is 0 Å². The minimum atomic E-state index is 0. The van der Waals surface area contributed by atoms with Crippen LogP contribution in [0.2, 0.25) is 0 Å². The van der Waals surface area contributed by atoms with E-state index in [1.165, 1.54) is 0 Å². The first-order valence-electron chi connectivity index (χ1n) is 6.90. The molecule has 3 rings (SSSR count). The molecule has 22 heavy (non-hydrogen) atoms. The van der Waals surface area contributed by atoms with E-state index in [4.69, 9.17) is 5.73 Å². The first kappa shape index (κ1) is 16.0. The van der Waals surface area contributed by atoms with Gasteiger partial charge in [-0.2, -0.15) is 0 Å². The molecule has 116 valence electrons. The topological polar surface area (TPSA) is 75.4 Å². The van der Waals surface area contributed by atoms with Gasteiger partial charge in [-0.1, -0.05) is 0 Å². The Morgan fingerprint density at radius 1 is 1.05 bits per heavy atom. The van der Waals surface area contributed by atoms with Crippen molar-refractivity contribution in [2.45, 2.75) is 0 Å². The zero-order valence-corrected chi connectivity index (χ0v) is 12.9. The number of carbonyl (C=O) groups is 1. The molecule has 0 spiro atoms. The molecule has 1 saturated heterocycles. The number of nitrogens with two attached hydrogens (primary N) is 1. The molecular weight excluding hydrogens is 302 g/mol. The molecule has 0 bridgehead atoms. The highest BCUT2D eigenvalue weighted by Crippen LogP contribution is 2.14. The second kappa shape index (κ2) is 7.09. The van der Waals surface area contributed by atoms with Crippen LogP contribution in [0, 0.1) is 0 Å². The first-order chi connectivity index (χ1) is 10.2. The van der Waals surface area contributed by atoms with Gasteiger partial charge in [0.15, 0.2) is 0 Å². The lowest BCUT2D eigenvalue weighted by molar-refractivity contribution is 0.0746. The van der Waals surface area contributed by atoms with Crippen LogP contribution in [0.1, 0.15) is 10.4 Å². The van der Waals surface area contributed by atoms with Crippen LogP contribution in [0.3, 0.4) is 0 Å². The van der Waals surface area contributed by atoms with Crippen LogP contribution in [-0.2, 0) is 0 Å². The Hall–Kier alpha value is -2.34. The van der Waals surface area contributed by atoms with E-state index in [9.17, 15) is 4.79 Å². The number of nitrogens with zero attached hydrogens (tertiary/aromatic N) is 4. The lowest BCUT2D eigenvalue weighted by Gasteiger charge is -2.35. The number of anilines is 2. The maximum atomic E-state index is 12.4. The Labute approximate surface area is 135 Å². The van der Waals surface area contributed by atoms with Crippen LogP contribution in [0.4, 0.5) is 11.5 Å². The van der Waals surface area contributed by atoms with E-state index in [1.807, 2.05) is 4.90 Å². The first-order valence-corrected chi connectivity index (χ1v) is 6.90. The molecule has 7 heteroatoms. The number of carbonyl (C=O) groups excluding carboxylic acids is 1. The lowest BCUT2D eigenvalue weighted by atomic mass is 10.1. The Kier molecular flexibility index (Phi) is 5.16. The van der Waals surface area contributed by atoms with Crippen LogP contribution in [0.5, 0.6) is 0 Å². The number of piperazine rings is 1. The summed E-state index contributed by atoms with van der Waals surface area (Å²) in [6.07, 6.45) is 5.09. The molecule has 1 amide bonds. The van der Waals surface area contributed by atoms with Crippen LogP contribution in [-0.4, -0.2) is 47.0 Å². The van der Waals surface area contributed by atoms with Crippen molar-refractivity contribution >= 4 is 29.8 Å². The molecule has 1 aliphatic rings. The lowest BCUT2D eigenvalue weighted by Crippen LogP contribution is -2.49. The summed E-state index contributed by atoms with van der Waals surface area (Å²) in [6.45, 7) is 2.89. The predicted octanol–water partition coefficient (Wildman–Crippen LogP) is 1.44. The third-order valence-corrected chi connectivity index (χ3v) is 3.60. The smallest absolute Gasteiger partial charge is 0.253 e. The molecular formula is C15H18ClN5O. The van der Waals surface area contributed by atoms with Gasteiger partial charge >= 0.3 is 0 Å². The molecule has 2 aromatic rings. The number of hydrogen-bond acceptors (Lipinski definition) is 5. The van der Waals surface area contributed by atoms with Gasteiger partial charge in [-0.25, -0.2) is 4.98 Å². The Bertz CT molecular complexity index is 612. The molecule has 1 aromatic heterocycles. The summed E-state index contributed by atoms with van der Waals surface area (Å²) in [5.41, 5.74) is 6.99. The van der Waals surface area contributed by atoms with Crippen molar-refractivity contribution in [3.8, 4) is 0 Å². The zero-order chi connectivity index (χ0) is 14.7. The molecule has 0 radical (unpaired) electrons. The zero-order valence-electron chi connectivity index (χ0n) is 12.1. The number of halogens is 1. The minimum absolute atomic E-state index is 0. The van der Waals surface area contributed by atoms with E-state index in [2.05, 4.69) is 14.9 Å². The number of hydrogen-bond donors (Lipinski definition) is 1. The quantitative estimate of drug-likeness (QED) is 0.848. The van der Waals surface area contributed by atoms with Crippen molar-refractivity contribution < 1.29 is 4.79 Å². The summed E-state index contributed by atoms with van der Waals surface area (Å²) in [7, 11) is 0. The summed E-state index contributed by atoms with van der Waals surface area (Å²) in [5, 5.41) is 0. The molecule has 0 unspecified atom stereocenters. The SMILES string of the molecule is Cl.Nc1ccc(C(=O)N2CCN(c3cnccn3)CC2)cc1. The van der Waals surface area contributed by atoms with E-state index in [0.29, 0.717) is 24.3 Å². The van der Waals surface area contributed by atoms with Gasteiger partial charge in [0.05, 0.1) is 6.20 Å². The Morgan fingerprint density at radius 3 is 2.32 bits per heavy atom. The number of amides is 1. The van der Waals surface area contributed by atoms with E-state index < -0.39 is 0 Å². The van der Waals surface area contributed by atoms with E-state index >= 15 is 0 Å². The van der Waals surface area contributed by atoms with Gasteiger partial charge in [-0.05, 0) is 24.3 Å². The monoisotopic (exact) mass is 319 g/mol. The van der Waals surface area contributed by atoms with Crippen molar-refractivity contribution in [3.63, 3.8) is 0 Å². The average molecular weight is 320 g/mol. The molecule has 1 fully saturated rings. The van der Waals surface area contributed by atoms with Gasteiger partial charge in [-0.15, -0.1) is 12.4 Å². The van der Waals surface area contributed by atoms with Crippen molar-refractivity contribution in [2.75, 3.05) is 36.8 Å². The number of nitrogen functional groups attached to an aromatic ring is 1. The number of rotatable bonds is 2. The largest absolute Gasteiger partial charge is 0.399 e. The van der Waals surface area contributed by atoms with Gasteiger partial charge in [0.2, 0.25) is 0 Å². The maximum Gasteiger partial charge on any atom is 0.253 e. The molecule has 2 heterocycles. The van der Waals surface area contributed by atoms with Crippen LogP contribution in [0.15, 0.2) is 42.9 Å². The van der Waals surface area contributed by atoms with Crippen molar-refractivity contribution in [2.24, 2.45) is 0 Å². The van der Waals surface area contributed by atoms with Crippen molar-refractivity contribution in [3.05, 3.63) is 48.4 Å². The standard InChI is InChI=1S/C15H17N5O.ClH/c16-13-3-1-12(2-4-13)15(21)20-9-7-19(8-10-20)14-11-17-5-6-18-14;/h1-6,11H,7-10,16H2;1H. The highest BCUT2D eigenvalue weighted by atomic mass is 35.5.